The van der Waals surface area contributed by atoms with Gasteiger partial charge in [-0.2, -0.15) is 0 Å². The smallest absolute Gasteiger partial charge is 0.258 e. The van der Waals surface area contributed by atoms with Gasteiger partial charge in [-0.25, -0.2) is 14.4 Å². The number of nitrogens with one attached hydrogen (secondary N) is 2. The Kier molecular flexibility index (Phi) is 6.16. The molecule has 0 saturated heterocycles. The van der Waals surface area contributed by atoms with Crippen LogP contribution in [0, 0.1) is 12.7 Å². The molecular formula is C21H21FN4O2. The summed E-state index contributed by atoms with van der Waals surface area (Å²) in [6, 6.07) is 11.9. The molecule has 2 aromatic carbocycles. The third-order valence-corrected chi connectivity index (χ3v) is 4.13. The highest BCUT2D eigenvalue weighted by atomic mass is 19.1. The van der Waals surface area contributed by atoms with Crippen LogP contribution in [0.25, 0.3) is 0 Å². The molecule has 0 atom stereocenters. The molecule has 0 aliphatic heterocycles. The fourth-order valence-corrected chi connectivity index (χ4v) is 2.62. The summed E-state index contributed by atoms with van der Waals surface area (Å²) in [6.07, 6.45) is 3.63. The number of methoxy groups -OCH3 is 1. The Morgan fingerprint density at radius 1 is 1.11 bits per heavy atom. The van der Waals surface area contributed by atoms with E-state index in [-0.39, 0.29) is 11.7 Å². The van der Waals surface area contributed by atoms with Gasteiger partial charge < -0.3 is 15.4 Å². The first kappa shape index (κ1) is 19.3. The average molecular weight is 380 g/mol. The van der Waals surface area contributed by atoms with Crippen LogP contribution in [0.3, 0.4) is 0 Å². The largest absolute Gasteiger partial charge is 0.495 e. The molecule has 0 fully saturated rings. The zero-order valence-electron chi connectivity index (χ0n) is 15.7. The monoisotopic (exact) mass is 380 g/mol. The lowest BCUT2D eigenvalue weighted by Crippen LogP contribution is -2.14. The van der Waals surface area contributed by atoms with E-state index in [0.717, 1.165) is 11.1 Å². The Morgan fingerprint density at radius 3 is 2.50 bits per heavy atom. The number of hydrogen-bond acceptors (Lipinski definition) is 5. The van der Waals surface area contributed by atoms with Gasteiger partial charge in [0.25, 0.3) is 5.91 Å². The van der Waals surface area contributed by atoms with Gasteiger partial charge in [0.2, 0.25) is 5.95 Å². The molecule has 3 rings (SSSR count). The van der Waals surface area contributed by atoms with Crippen LogP contribution in [0.1, 0.15) is 21.5 Å². The molecule has 0 saturated carbocycles. The van der Waals surface area contributed by atoms with E-state index >= 15 is 0 Å². The number of carbonyl (C=O) groups excluding carboxylic acids is 1. The number of ether oxygens (including phenoxy) is 1. The molecule has 0 spiro atoms. The number of carbonyl (C=O) groups is 1. The maximum absolute atomic E-state index is 12.9. The van der Waals surface area contributed by atoms with Crippen molar-refractivity contribution in [2.24, 2.45) is 0 Å². The second-order valence-corrected chi connectivity index (χ2v) is 6.26. The highest BCUT2D eigenvalue weighted by molar-refractivity contribution is 6.04. The Balaban J connectivity index is 1.57. The number of aryl methyl sites for hydroxylation is 1. The van der Waals surface area contributed by atoms with Crippen LogP contribution in [0.2, 0.25) is 0 Å². The molecule has 6 nitrogen and oxygen atoms in total. The highest BCUT2D eigenvalue weighted by Crippen LogP contribution is 2.25. The zero-order valence-corrected chi connectivity index (χ0v) is 15.7. The molecule has 28 heavy (non-hydrogen) atoms. The van der Waals surface area contributed by atoms with Crippen LogP contribution in [0.5, 0.6) is 5.75 Å². The number of hydrogen-bond donors (Lipinski definition) is 2. The summed E-state index contributed by atoms with van der Waals surface area (Å²) in [5.74, 6) is 0.435. The number of nitrogens with zero attached hydrogens (tertiary/aromatic N) is 2. The quantitative estimate of drug-likeness (QED) is 0.651. The number of halogens is 1. The van der Waals surface area contributed by atoms with Crippen molar-refractivity contribution in [3.8, 4) is 5.75 Å². The molecule has 0 unspecified atom stereocenters. The van der Waals surface area contributed by atoms with Crippen LogP contribution in [0.15, 0.2) is 54.9 Å². The lowest BCUT2D eigenvalue weighted by molar-refractivity contribution is 0.102. The summed E-state index contributed by atoms with van der Waals surface area (Å²) in [7, 11) is 1.55. The van der Waals surface area contributed by atoms with E-state index in [4.69, 9.17) is 4.74 Å². The van der Waals surface area contributed by atoms with Gasteiger partial charge >= 0.3 is 0 Å². The van der Waals surface area contributed by atoms with Crippen LogP contribution >= 0.6 is 0 Å². The lowest BCUT2D eigenvalue weighted by atomic mass is 10.1. The molecule has 1 aromatic heterocycles. The van der Waals surface area contributed by atoms with Crippen molar-refractivity contribution in [3.63, 3.8) is 0 Å². The fourth-order valence-electron chi connectivity index (χ4n) is 2.62. The molecule has 1 heterocycles. The molecule has 0 bridgehead atoms. The number of rotatable bonds is 7. The highest BCUT2D eigenvalue weighted by Gasteiger charge is 2.11. The third-order valence-electron chi connectivity index (χ3n) is 4.13. The minimum absolute atomic E-state index is 0.253. The fraction of sp³-hybridized carbons (Fsp3) is 0.190. The summed E-state index contributed by atoms with van der Waals surface area (Å²) in [5, 5.41) is 5.89. The zero-order chi connectivity index (χ0) is 19.9. The van der Waals surface area contributed by atoms with Crippen LogP contribution in [-0.2, 0) is 6.42 Å². The van der Waals surface area contributed by atoms with E-state index in [9.17, 15) is 9.18 Å². The van der Waals surface area contributed by atoms with Crippen LogP contribution in [-0.4, -0.2) is 29.5 Å². The van der Waals surface area contributed by atoms with E-state index in [1.165, 1.54) is 24.5 Å². The first-order chi connectivity index (χ1) is 13.5. The predicted molar refractivity (Wildman–Crippen MR) is 106 cm³/mol. The summed E-state index contributed by atoms with van der Waals surface area (Å²) in [6.45, 7) is 2.53. The maximum atomic E-state index is 12.9. The van der Waals surface area contributed by atoms with Gasteiger partial charge in [-0.15, -0.1) is 0 Å². The van der Waals surface area contributed by atoms with Gasteiger partial charge in [-0.1, -0.05) is 18.2 Å². The molecule has 0 aliphatic carbocycles. The minimum Gasteiger partial charge on any atom is -0.495 e. The van der Waals surface area contributed by atoms with Crippen molar-refractivity contribution >= 4 is 17.5 Å². The first-order valence-electron chi connectivity index (χ1n) is 8.81. The van der Waals surface area contributed by atoms with E-state index in [0.29, 0.717) is 35.9 Å². The van der Waals surface area contributed by atoms with Crippen molar-refractivity contribution in [1.29, 1.82) is 0 Å². The van der Waals surface area contributed by atoms with Crippen molar-refractivity contribution in [3.05, 3.63) is 77.4 Å². The van der Waals surface area contributed by atoms with Crippen LogP contribution < -0.4 is 15.4 Å². The number of benzene rings is 2. The van der Waals surface area contributed by atoms with Gasteiger partial charge in [0.15, 0.2) is 0 Å². The second kappa shape index (κ2) is 8.94. The normalized spacial score (nSPS) is 10.4. The van der Waals surface area contributed by atoms with Gasteiger partial charge in [0, 0.05) is 18.9 Å². The van der Waals surface area contributed by atoms with E-state index in [1.54, 1.807) is 25.3 Å². The van der Waals surface area contributed by atoms with E-state index in [1.807, 2.05) is 19.1 Å². The number of amides is 1. The topological polar surface area (TPSA) is 76.1 Å². The van der Waals surface area contributed by atoms with Gasteiger partial charge in [0.1, 0.15) is 11.6 Å². The average Bonchev–Trinajstić information content (AvgIpc) is 2.70. The van der Waals surface area contributed by atoms with E-state index < -0.39 is 0 Å². The molecule has 2 N–H and O–H groups in total. The predicted octanol–water partition coefficient (Wildman–Crippen LogP) is 3.84. The summed E-state index contributed by atoms with van der Waals surface area (Å²) >= 11 is 0. The van der Waals surface area contributed by atoms with E-state index in [2.05, 4.69) is 20.6 Å². The van der Waals surface area contributed by atoms with Crippen molar-refractivity contribution < 1.29 is 13.9 Å². The first-order valence-corrected chi connectivity index (χ1v) is 8.81. The molecule has 3 aromatic rings. The van der Waals surface area contributed by atoms with Crippen molar-refractivity contribution in [2.45, 2.75) is 13.3 Å². The maximum Gasteiger partial charge on any atom is 0.258 e. The van der Waals surface area contributed by atoms with Crippen molar-refractivity contribution in [1.82, 2.24) is 9.97 Å². The summed E-state index contributed by atoms with van der Waals surface area (Å²) < 4.78 is 18.2. The minimum atomic E-state index is -0.318. The summed E-state index contributed by atoms with van der Waals surface area (Å²) in [4.78, 5) is 20.8. The van der Waals surface area contributed by atoms with Gasteiger partial charge in [0.05, 0.1) is 18.4 Å². The standard InChI is InChI=1S/C21H21FN4O2/c1-14-3-8-19(28-2)18(11-14)26-20(27)16-12-24-21(25-13-16)23-10-9-15-4-6-17(22)7-5-15/h3-8,11-13H,9-10H2,1-2H3,(H,26,27)(H,23,24,25). The van der Waals surface area contributed by atoms with Gasteiger partial charge in [-0.05, 0) is 48.7 Å². The molecular weight excluding hydrogens is 359 g/mol. The molecule has 1 amide bonds. The van der Waals surface area contributed by atoms with Crippen LogP contribution in [0.4, 0.5) is 16.0 Å². The SMILES string of the molecule is COc1ccc(C)cc1NC(=O)c1cnc(NCCc2ccc(F)cc2)nc1. The molecule has 0 aliphatic rings. The Bertz CT molecular complexity index is 944. The number of aromatic nitrogens is 2. The third kappa shape index (κ3) is 5.03. The molecule has 0 radical (unpaired) electrons. The lowest BCUT2D eigenvalue weighted by Gasteiger charge is -2.11. The van der Waals surface area contributed by atoms with Crippen molar-refractivity contribution in [2.75, 3.05) is 24.3 Å². The van der Waals surface area contributed by atoms with Gasteiger partial charge in [-0.3, -0.25) is 4.79 Å². The Labute approximate surface area is 162 Å². The Hall–Kier alpha value is -3.48. The number of anilines is 2. The summed E-state index contributed by atoms with van der Waals surface area (Å²) in [5.41, 5.74) is 2.95. The Morgan fingerprint density at radius 2 is 1.82 bits per heavy atom. The second-order valence-electron chi connectivity index (χ2n) is 6.26. The molecule has 144 valence electrons. The molecule has 7 heteroatoms.